The first-order valence-electron chi connectivity index (χ1n) is 6.17. The van der Waals surface area contributed by atoms with Crippen molar-refractivity contribution in [2.45, 2.75) is 19.0 Å². The predicted octanol–water partition coefficient (Wildman–Crippen LogP) is 4.21. The molecule has 0 saturated carbocycles. The fraction of sp³-hybridized carbons (Fsp3) is 0.188. The van der Waals surface area contributed by atoms with Crippen molar-refractivity contribution in [3.63, 3.8) is 0 Å². The summed E-state index contributed by atoms with van der Waals surface area (Å²) < 4.78 is 1.11. The van der Waals surface area contributed by atoms with Crippen molar-refractivity contribution < 1.29 is 0 Å². The average Bonchev–Trinajstić information content (AvgIpc) is 2.46. The molecule has 3 heteroatoms. The molecule has 0 spiro atoms. The van der Waals surface area contributed by atoms with Crippen molar-refractivity contribution in [3.05, 3.63) is 69.3 Å². The molecular weight excluding hydrogens is 347 g/mol. The molecule has 0 bridgehead atoms. The summed E-state index contributed by atoms with van der Waals surface area (Å²) in [5.41, 5.74) is 2.22. The minimum Gasteiger partial charge on any atom is -0.292 e. The van der Waals surface area contributed by atoms with Crippen LogP contribution in [0.15, 0.2) is 54.6 Å². The second-order valence-corrected chi connectivity index (χ2v) is 5.54. The number of nitriles is 1. The Kier molecular flexibility index (Phi) is 4.94. The van der Waals surface area contributed by atoms with Crippen LogP contribution in [0.3, 0.4) is 0 Å². The second kappa shape index (κ2) is 6.69. The van der Waals surface area contributed by atoms with Crippen LogP contribution in [-0.2, 0) is 0 Å². The minimum atomic E-state index is -0.289. The van der Waals surface area contributed by atoms with Crippen LogP contribution in [0.1, 0.15) is 30.1 Å². The zero-order valence-corrected chi connectivity index (χ0v) is 12.8. The number of rotatable bonds is 4. The minimum absolute atomic E-state index is 0.141. The molecule has 0 aromatic heterocycles. The van der Waals surface area contributed by atoms with Gasteiger partial charge in [0.2, 0.25) is 0 Å². The summed E-state index contributed by atoms with van der Waals surface area (Å²) >= 11 is 2.27. The van der Waals surface area contributed by atoms with Crippen LogP contribution in [-0.4, -0.2) is 0 Å². The first-order chi connectivity index (χ1) is 9.22. The summed E-state index contributed by atoms with van der Waals surface area (Å²) in [4.78, 5) is 0. The van der Waals surface area contributed by atoms with Gasteiger partial charge in [-0.25, -0.2) is 0 Å². The normalized spacial score (nSPS) is 13.5. The van der Waals surface area contributed by atoms with E-state index >= 15 is 0 Å². The molecule has 96 valence electrons. The van der Waals surface area contributed by atoms with E-state index < -0.39 is 0 Å². The fourth-order valence-electron chi connectivity index (χ4n) is 1.99. The molecule has 2 atom stereocenters. The number of benzene rings is 2. The van der Waals surface area contributed by atoms with Crippen LogP contribution < -0.4 is 5.32 Å². The van der Waals surface area contributed by atoms with E-state index in [2.05, 4.69) is 53.0 Å². The zero-order chi connectivity index (χ0) is 13.7. The standard InChI is InChI=1S/C16H15IN2/c1-12(13-7-3-2-4-8-13)19-16(11-18)14-9-5-6-10-15(14)17/h2-10,12,16,19H,1H3/t12-,16+/m0/s1. The molecule has 19 heavy (non-hydrogen) atoms. The van der Waals surface area contributed by atoms with Gasteiger partial charge in [-0.15, -0.1) is 0 Å². The molecule has 1 N–H and O–H groups in total. The highest BCUT2D eigenvalue weighted by Gasteiger charge is 2.16. The monoisotopic (exact) mass is 362 g/mol. The summed E-state index contributed by atoms with van der Waals surface area (Å²) in [6, 6.07) is 20.3. The van der Waals surface area contributed by atoms with E-state index in [9.17, 15) is 5.26 Å². The van der Waals surface area contributed by atoms with Gasteiger partial charge in [0.05, 0.1) is 6.07 Å². The Morgan fingerprint density at radius 3 is 2.32 bits per heavy atom. The van der Waals surface area contributed by atoms with E-state index in [-0.39, 0.29) is 12.1 Å². The quantitative estimate of drug-likeness (QED) is 0.828. The molecule has 2 aromatic rings. The molecule has 0 saturated heterocycles. The van der Waals surface area contributed by atoms with Gasteiger partial charge in [-0.3, -0.25) is 5.32 Å². The molecule has 0 heterocycles. The topological polar surface area (TPSA) is 35.8 Å². The van der Waals surface area contributed by atoms with Gasteiger partial charge in [0.25, 0.3) is 0 Å². The van der Waals surface area contributed by atoms with Crippen molar-refractivity contribution in [2.24, 2.45) is 0 Å². The van der Waals surface area contributed by atoms with Crippen LogP contribution in [0, 0.1) is 14.9 Å². The average molecular weight is 362 g/mol. The smallest absolute Gasteiger partial charge is 0.122 e. The Hall–Kier alpha value is -1.38. The lowest BCUT2D eigenvalue weighted by Crippen LogP contribution is -2.24. The highest BCUT2D eigenvalue weighted by Crippen LogP contribution is 2.23. The Balaban J connectivity index is 2.17. The molecule has 0 unspecified atom stereocenters. The Morgan fingerprint density at radius 2 is 1.68 bits per heavy atom. The Bertz CT molecular complexity index is 575. The number of nitrogens with one attached hydrogen (secondary N) is 1. The summed E-state index contributed by atoms with van der Waals surface area (Å²) in [6.45, 7) is 2.08. The summed E-state index contributed by atoms with van der Waals surface area (Å²) in [5, 5.41) is 12.8. The molecule has 0 aliphatic carbocycles. The third kappa shape index (κ3) is 3.55. The third-order valence-corrected chi connectivity index (χ3v) is 4.04. The lowest BCUT2D eigenvalue weighted by Gasteiger charge is -2.19. The highest BCUT2D eigenvalue weighted by molar-refractivity contribution is 14.1. The Labute approximate surface area is 127 Å². The van der Waals surface area contributed by atoms with Gasteiger partial charge in [0.1, 0.15) is 6.04 Å². The largest absolute Gasteiger partial charge is 0.292 e. The van der Waals surface area contributed by atoms with E-state index in [1.54, 1.807) is 0 Å². The number of hydrogen-bond acceptors (Lipinski definition) is 2. The maximum Gasteiger partial charge on any atom is 0.122 e. The lowest BCUT2D eigenvalue weighted by molar-refractivity contribution is 0.532. The second-order valence-electron chi connectivity index (χ2n) is 4.38. The molecule has 2 aromatic carbocycles. The van der Waals surface area contributed by atoms with Gasteiger partial charge in [-0.2, -0.15) is 5.26 Å². The van der Waals surface area contributed by atoms with Crippen LogP contribution >= 0.6 is 22.6 Å². The molecule has 2 nitrogen and oxygen atoms in total. The summed E-state index contributed by atoms with van der Waals surface area (Å²) in [6.07, 6.45) is 0. The maximum atomic E-state index is 9.38. The van der Waals surface area contributed by atoms with Crippen LogP contribution in [0.5, 0.6) is 0 Å². The predicted molar refractivity (Wildman–Crippen MR) is 85.5 cm³/mol. The zero-order valence-electron chi connectivity index (χ0n) is 10.7. The number of halogens is 1. The van der Waals surface area contributed by atoms with E-state index in [1.165, 1.54) is 5.56 Å². The highest BCUT2D eigenvalue weighted by atomic mass is 127. The molecule has 0 amide bonds. The van der Waals surface area contributed by atoms with Gasteiger partial charge in [0.15, 0.2) is 0 Å². The van der Waals surface area contributed by atoms with Crippen LogP contribution in [0.4, 0.5) is 0 Å². The van der Waals surface area contributed by atoms with Gasteiger partial charge < -0.3 is 0 Å². The van der Waals surface area contributed by atoms with E-state index in [1.807, 2.05) is 42.5 Å². The number of nitrogens with zero attached hydrogens (tertiary/aromatic N) is 1. The van der Waals surface area contributed by atoms with Crippen molar-refractivity contribution >= 4 is 22.6 Å². The summed E-state index contributed by atoms with van der Waals surface area (Å²) in [5.74, 6) is 0. The third-order valence-electron chi connectivity index (χ3n) is 3.06. The van der Waals surface area contributed by atoms with Crippen LogP contribution in [0.2, 0.25) is 0 Å². The number of hydrogen-bond donors (Lipinski definition) is 1. The van der Waals surface area contributed by atoms with E-state index in [0.717, 1.165) is 9.13 Å². The summed E-state index contributed by atoms with van der Waals surface area (Å²) in [7, 11) is 0. The molecular formula is C16H15IN2. The van der Waals surface area contributed by atoms with Crippen LogP contribution in [0.25, 0.3) is 0 Å². The lowest BCUT2D eigenvalue weighted by atomic mass is 10.0. The van der Waals surface area contributed by atoms with Crippen molar-refractivity contribution in [1.82, 2.24) is 5.32 Å². The molecule has 0 fully saturated rings. The maximum absolute atomic E-state index is 9.38. The Morgan fingerprint density at radius 1 is 1.05 bits per heavy atom. The van der Waals surface area contributed by atoms with E-state index in [0.29, 0.717) is 0 Å². The van der Waals surface area contributed by atoms with Gasteiger partial charge in [-0.1, -0.05) is 48.5 Å². The van der Waals surface area contributed by atoms with Crippen molar-refractivity contribution in [2.75, 3.05) is 0 Å². The van der Waals surface area contributed by atoms with Crippen molar-refractivity contribution in [3.8, 4) is 6.07 Å². The fourth-order valence-corrected chi connectivity index (χ4v) is 2.69. The molecule has 0 aliphatic heterocycles. The SMILES string of the molecule is C[C@H](N[C@H](C#N)c1ccccc1I)c1ccccc1. The van der Waals surface area contributed by atoms with Gasteiger partial charge in [-0.05, 0) is 46.7 Å². The molecule has 0 radical (unpaired) electrons. The first-order valence-corrected chi connectivity index (χ1v) is 7.25. The first kappa shape index (κ1) is 14.0. The molecule has 0 aliphatic rings. The van der Waals surface area contributed by atoms with Crippen molar-refractivity contribution in [1.29, 1.82) is 5.26 Å². The van der Waals surface area contributed by atoms with E-state index in [4.69, 9.17) is 0 Å². The molecule has 2 rings (SSSR count). The van der Waals surface area contributed by atoms with Gasteiger partial charge in [0, 0.05) is 9.61 Å². The van der Waals surface area contributed by atoms with Gasteiger partial charge >= 0.3 is 0 Å².